The van der Waals surface area contributed by atoms with Crippen LogP contribution in [0.2, 0.25) is 0 Å². The molecule has 0 fully saturated rings. The molecule has 0 N–H and O–H groups in total. The van der Waals surface area contributed by atoms with E-state index in [-0.39, 0.29) is 0 Å². The molecule has 0 bridgehead atoms. The molecule has 0 heterocycles. The number of benzene rings is 1. The second-order valence-corrected chi connectivity index (χ2v) is 5.13. The molecule has 0 atom stereocenters. The number of hydrogen-bond donors (Lipinski definition) is 0. The largest absolute Gasteiger partial charge is 0.496 e. The van der Waals surface area contributed by atoms with Gasteiger partial charge in [0.25, 0.3) is 0 Å². The quantitative estimate of drug-likeness (QED) is 0.576. The molecule has 1 rings (SSSR count). The highest BCUT2D eigenvalue weighted by Crippen LogP contribution is 2.35. The van der Waals surface area contributed by atoms with Crippen molar-refractivity contribution in [2.75, 3.05) is 20.0 Å². The summed E-state index contributed by atoms with van der Waals surface area (Å²) in [5.74, 6) is 2.91. The van der Waals surface area contributed by atoms with E-state index in [2.05, 4.69) is 13.8 Å². The Morgan fingerprint density at radius 2 is 1.88 bits per heavy atom. The van der Waals surface area contributed by atoms with Gasteiger partial charge in [-0.15, -0.1) is 11.8 Å². The lowest BCUT2D eigenvalue weighted by molar-refractivity contribution is 0.112. The highest BCUT2D eigenvalue weighted by molar-refractivity contribution is 7.99. The van der Waals surface area contributed by atoms with Gasteiger partial charge in [-0.3, -0.25) is 4.79 Å². The molecule has 0 aliphatic heterocycles. The molecule has 1 aromatic rings. The molecular weight excluding hydrogens is 236 g/mol. The molecule has 17 heavy (non-hydrogen) atoms. The minimum Gasteiger partial charge on any atom is -0.496 e. The molecule has 0 amide bonds. The zero-order chi connectivity index (χ0) is 12.8. The average molecular weight is 254 g/mol. The minimum atomic E-state index is 0.512. The van der Waals surface area contributed by atoms with Crippen LogP contribution in [0.3, 0.4) is 0 Å². The van der Waals surface area contributed by atoms with Crippen molar-refractivity contribution in [3.05, 3.63) is 17.7 Å². The Kier molecular flexibility index (Phi) is 5.35. The summed E-state index contributed by atoms with van der Waals surface area (Å²) >= 11 is 1.71. The van der Waals surface area contributed by atoms with Gasteiger partial charge in [0, 0.05) is 5.75 Å². The third-order valence-corrected chi connectivity index (χ3v) is 3.68. The zero-order valence-electron chi connectivity index (χ0n) is 10.6. The first-order valence-corrected chi connectivity index (χ1v) is 6.45. The van der Waals surface area contributed by atoms with Crippen LogP contribution < -0.4 is 9.47 Å². The summed E-state index contributed by atoms with van der Waals surface area (Å²) in [7, 11) is 3.17. The number of hydrogen-bond acceptors (Lipinski definition) is 4. The summed E-state index contributed by atoms with van der Waals surface area (Å²) in [6.45, 7) is 4.33. The van der Waals surface area contributed by atoms with Gasteiger partial charge in [0.05, 0.1) is 24.7 Å². The van der Waals surface area contributed by atoms with Crippen molar-refractivity contribution in [1.29, 1.82) is 0 Å². The normalized spacial score (nSPS) is 10.4. The van der Waals surface area contributed by atoms with Gasteiger partial charge in [0.1, 0.15) is 11.5 Å². The van der Waals surface area contributed by atoms with E-state index in [1.807, 2.05) is 6.07 Å². The number of carbonyl (C=O) groups excluding carboxylic acids is 1. The summed E-state index contributed by atoms with van der Waals surface area (Å²) in [6.07, 6.45) is 0.776. The maximum Gasteiger partial charge on any atom is 0.153 e. The lowest BCUT2D eigenvalue weighted by Gasteiger charge is -2.12. The fraction of sp³-hybridized carbons (Fsp3) is 0.462. The van der Waals surface area contributed by atoms with Crippen molar-refractivity contribution in [2.45, 2.75) is 18.7 Å². The topological polar surface area (TPSA) is 35.5 Å². The van der Waals surface area contributed by atoms with Crippen LogP contribution in [0.1, 0.15) is 24.2 Å². The second-order valence-electron chi connectivity index (χ2n) is 4.07. The molecule has 3 nitrogen and oxygen atoms in total. The average Bonchev–Trinajstić information content (AvgIpc) is 2.34. The van der Waals surface area contributed by atoms with Crippen LogP contribution in [0.5, 0.6) is 11.5 Å². The van der Waals surface area contributed by atoms with Crippen LogP contribution in [-0.4, -0.2) is 26.3 Å². The number of thioether (sulfide) groups is 1. The van der Waals surface area contributed by atoms with Crippen LogP contribution in [-0.2, 0) is 0 Å². The van der Waals surface area contributed by atoms with Gasteiger partial charge in [0.2, 0.25) is 0 Å². The van der Waals surface area contributed by atoms with Crippen LogP contribution >= 0.6 is 11.8 Å². The fourth-order valence-corrected chi connectivity index (χ4v) is 2.34. The smallest absolute Gasteiger partial charge is 0.153 e. The Morgan fingerprint density at radius 1 is 1.24 bits per heavy atom. The molecule has 1 aromatic carbocycles. The zero-order valence-corrected chi connectivity index (χ0v) is 11.5. The van der Waals surface area contributed by atoms with Crippen LogP contribution in [0.15, 0.2) is 17.0 Å². The summed E-state index contributed by atoms with van der Waals surface area (Å²) < 4.78 is 10.5. The Morgan fingerprint density at radius 3 is 2.35 bits per heavy atom. The van der Waals surface area contributed by atoms with Crippen molar-refractivity contribution >= 4 is 18.0 Å². The molecule has 0 saturated carbocycles. The molecule has 4 heteroatoms. The van der Waals surface area contributed by atoms with E-state index in [9.17, 15) is 4.79 Å². The van der Waals surface area contributed by atoms with Crippen LogP contribution in [0, 0.1) is 5.92 Å². The molecule has 94 valence electrons. The van der Waals surface area contributed by atoms with E-state index in [0.717, 1.165) is 22.7 Å². The van der Waals surface area contributed by atoms with Gasteiger partial charge in [0.15, 0.2) is 6.29 Å². The SMILES string of the molecule is COc1cc(SCC(C)C)c(OC)cc1C=O. The standard InChI is InChI=1S/C13H18O3S/c1-9(2)8-17-13-6-11(15-3)10(7-14)5-12(13)16-4/h5-7,9H,8H2,1-4H3. The van der Waals surface area contributed by atoms with E-state index >= 15 is 0 Å². The van der Waals surface area contributed by atoms with E-state index in [0.29, 0.717) is 17.2 Å². The van der Waals surface area contributed by atoms with Crippen LogP contribution in [0.25, 0.3) is 0 Å². The van der Waals surface area contributed by atoms with Crippen LogP contribution in [0.4, 0.5) is 0 Å². The molecule has 0 aliphatic carbocycles. The molecule has 0 aromatic heterocycles. The second kappa shape index (κ2) is 6.55. The highest BCUT2D eigenvalue weighted by Gasteiger charge is 2.11. The third-order valence-electron chi connectivity index (χ3n) is 2.22. The van der Waals surface area contributed by atoms with Gasteiger partial charge in [-0.2, -0.15) is 0 Å². The lowest BCUT2D eigenvalue weighted by atomic mass is 10.2. The van der Waals surface area contributed by atoms with E-state index < -0.39 is 0 Å². The maximum absolute atomic E-state index is 10.9. The molecule has 0 aliphatic rings. The number of methoxy groups -OCH3 is 2. The van der Waals surface area contributed by atoms with E-state index in [4.69, 9.17) is 9.47 Å². The first-order valence-electron chi connectivity index (χ1n) is 5.46. The van der Waals surface area contributed by atoms with Crippen molar-refractivity contribution in [3.8, 4) is 11.5 Å². The number of ether oxygens (including phenoxy) is 2. The van der Waals surface area contributed by atoms with Gasteiger partial charge in [-0.05, 0) is 18.1 Å². The Balaban J connectivity index is 3.05. The van der Waals surface area contributed by atoms with Gasteiger partial charge in [-0.25, -0.2) is 0 Å². The van der Waals surface area contributed by atoms with Gasteiger partial charge >= 0.3 is 0 Å². The monoisotopic (exact) mass is 254 g/mol. The first-order chi connectivity index (χ1) is 8.12. The van der Waals surface area contributed by atoms with Crippen molar-refractivity contribution < 1.29 is 14.3 Å². The molecule has 0 saturated heterocycles. The Labute approximate surface area is 106 Å². The maximum atomic E-state index is 10.9. The number of aldehydes is 1. The number of rotatable bonds is 6. The van der Waals surface area contributed by atoms with E-state index in [1.54, 1.807) is 32.0 Å². The van der Waals surface area contributed by atoms with Gasteiger partial charge < -0.3 is 9.47 Å². The molecule has 0 spiro atoms. The van der Waals surface area contributed by atoms with Crippen molar-refractivity contribution in [2.24, 2.45) is 5.92 Å². The van der Waals surface area contributed by atoms with Gasteiger partial charge in [-0.1, -0.05) is 13.8 Å². The fourth-order valence-electron chi connectivity index (χ4n) is 1.35. The summed E-state index contributed by atoms with van der Waals surface area (Å²) in [5, 5.41) is 0. The highest BCUT2D eigenvalue weighted by atomic mass is 32.2. The predicted octanol–water partition coefficient (Wildman–Crippen LogP) is 3.26. The van der Waals surface area contributed by atoms with E-state index in [1.165, 1.54) is 0 Å². The minimum absolute atomic E-state index is 0.512. The summed E-state index contributed by atoms with van der Waals surface area (Å²) in [6, 6.07) is 3.57. The van der Waals surface area contributed by atoms with Crippen molar-refractivity contribution in [1.82, 2.24) is 0 Å². The third kappa shape index (κ3) is 3.66. The summed E-state index contributed by atoms with van der Waals surface area (Å²) in [4.78, 5) is 11.9. The Hall–Kier alpha value is -1.16. The molecule has 0 radical (unpaired) electrons. The predicted molar refractivity (Wildman–Crippen MR) is 70.5 cm³/mol. The molecular formula is C13H18O3S. The summed E-state index contributed by atoms with van der Waals surface area (Å²) in [5.41, 5.74) is 0.512. The number of carbonyl (C=O) groups is 1. The van der Waals surface area contributed by atoms with Crippen molar-refractivity contribution in [3.63, 3.8) is 0 Å². The Bertz CT molecular complexity index is 388. The molecule has 0 unspecified atom stereocenters. The first kappa shape index (κ1) is 13.9. The lowest BCUT2D eigenvalue weighted by Crippen LogP contribution is -1.96.